The Bertz CT molecular complexity index is 1610. The summed E-state index contributed by atoms with van der Waals surface area (Å²) in [6.07, 6.45) is 0. The highest BCUT2D eigenvalue weighted by Gasteiger charge is 2.30. The number of carbonyl (C=O) groups excluding carboxylic acids is 2. The second-order valence-electron chi connectivity index (χ2n) is 9.06. The van der Waals surface area contributed by atoms with E-state index in [0.29, 0.717) is 5.75 Å². The quantitative estimate of drug-likeness (QED) is 0.260. The zero-order chi connectivity index (χ0) is 29.4. The molecule has 0 spiro atoms. The van der Waals surface area contributed by atoms with Crippen LogP contribution < -0.4 is 24.4 Å². The van der Waals surface area contributed by atoms with Crippen LogP contribution in [0.3, 0.4) is 0 Å². The summed E-state index contributed by atoms with van der Waals surface area (Å²) in [7, 11) is -1.31. The second-order valence-corrected chi connectivity index (χ2v) is 10.9. The molecule has 0 unspecified atom stereocenters. The third-order valence-electron chi connectivity index (χ3n) is 6.37. The molecule has 0 fully saturated rings. The summed E-state index contributed by atoms with van der Waals surface area (Å²) in [5.74, 6) is -0.385. The van der Waals surface area contributed by atoms with Gasteiger partial charge in [-0.15, -0.1) is 0 Å². The Morgan fingerprint density at radius 1 is 0.829 bits per heavy atom. The van der Waals surface area contributed by atoms with E-state index in [4.69, 9.17) is 9.47 Å². The number of methoxy groups -OCH3 is 2. The van der Waals surface area contributed by atoms with Crippen molar-refractivity contribution >= 4 is 33.2 Å². The van der Waals surface area contributed by atoms with Crippen molar-refractivity contribution in [2.24, 2.45) is 0 Å². The van der Waals surface area contributed by atoms with Crippen LogP contribution in [0.1, 0.15) is 28.9 Å². The number of benzene rings is 4. The highest BCUT2D eigenvalue weighted by Crippen LogP contribution is 2.35. The zero-order valence-electron chi connectivity index (χ0n) is 22.9. The monoisotopic (exact) mass is 573 g/mol. The molecule has 4 aromatic carbocycles. The number of amides is 2. The molecule has 0 aliphatic heterocycles. The van der Waals surface area contributed by atoms with Crippen molar-refractivity contribution in [3.8, 4) is 11.5 Å². The Hall–Kier alpha value is -4.83. The molecule has 9 nitrogen and oxygen atoms in total. The van der Waals surface area contributed by atoms with Gasteiger partial charge in [-0.3, -0.25) is 13.9 Å². The van der Waals surface area contributed by atoms with Gasteiger partial charge in [0.1, 0.15) is 18.0 Å². The number of carbonyl (C=O) groups is 2. The minimum Gasteiger partial charge on any atom is -0.497 e. The Morgan fingerprint density at radius 3 is 2.12 bits per heavy atom. The second kappa shape index (κ2) is 13.0. The lowest BCUT2D eigenvalue weighted by Crippen LogP contribution is -2.38. The molecule has 0 heterocycles. The normalized spacial score (nSPS) is 11.7. The van der Waals surface area contributed by atoms with E-state index in [0.717, 1.165) is 9.87 Å². The Labute approximate surface area is 239 Å². The summed E-state index contributed by atoms with van der Waals surface area (Å²) < 4.78 is 39.2. The molecule has 2 amide bonds. The summed E-state index contributed by atoms with van der Waals surface area (Å²) in [5, 5.41) is 5.66. The Balaban J connectivity index is 1.63. The van der Waals surface area contributed by atoms with Crippen LogP contribution in [-0.4, -0.2) is 41.0 Å². The molecule has 4 rings (SSSR count). The third kappa shape index (κ3) is 6.85. The predicted octanol–water partition coefficient (Wildman–Crippen LogP) is 5.03. The topological polar surface area (TPSA) is 114 Å². The Morgan fingerprint density at radius 2 is 1.46 bits per heavy atom. The van der Waals surface area contributed by atoms with Crippen LogP contribution in [0, 0.1) is 0 Å². The fraction of sp³-hybridized carbons (Fsp3) is 0.161. The number of nitrogens with one attached hydrogen (secondary N) is 2. The highest BCUT2D eigenvalue weighted by molar-refractivity contribution is 7.92. The SMILES string of the molecule is COc1ccc(N(CC(=O)Nc2ccccc2C(=O)N[C@@H](C)c2ccccc2)S(=O)(=O)c2ccccc2)c(OC)c1. The fourth-order valence-electron chi connectivity index (χ4n) is 4.22. The Kier molecular flexibility index (Phi) is 9.26. The molecule has 0 saturated carbocycles. The van der Waals surface area contributed by atoms with Crippen LogP contribution in [0.15, 0.2) is 108 Å². The number of rotatable bonds is 11. The largest absolute Gasteiger partial charge is 0.497 e. The smallest absolute Gasteiger partial charge is 0.264 e. The van der Waals surface area contributed by atoms with E-state index in [1.807, 2.05) is 37.3 Å². The van der Waals surface area contributed by atoms with Crippen molar-refractivity contribution in [2.75, 3.05) is 30.4 Å². The number of anilines is 2. The van der Waals surface area contributed by atoms with Gasteiger partial charge in [-0.25, -0.2) is 8.42 Å². The molecule has 2 N–H and O–H groups in total. The fourth-order valence-corrected chi connectivity index (χ4v) is 5.67. The van der Waals surface area contributed by atoms with Gasteiger partial charge in [-0.05, 0) is 48.9 Å². The summed E-state index contributed by atoms with van der Waals surface area (Å²) >= 11 is 0. The van der Waals surface area contributed by atoms with E-state index in [9.17, 15) is 18.0 Å². The van der Waals surface area contributed by atoms with Crippen LogP contribution in [0.25, 0.3) is 0 Å². The van der Waals surface area contributed by atoms with Crippen LogP contribution in [0.5, 0.6) is 11.5 Å². The molecule has 212 valence electrons. The first-order valence-corrected chi connectivity index (χ1v) is 14.2. The lowest BCUT2D eigenvalue weighted by Gasteiger charge is -2.26. The number of ether oxygens (including phenoxy) is 2. The van der Waals surface area contributed by atoms with Gasteiger partial charge in [0.25, 0.3) is 15.9 Å². The van der Waals surface area contributed by atoms with Gasteiger partial charge < -0.3 is 20.1 Å². The van der Waals surface area contributed by atoms with Gasteiger partial charge in [0.15, 0.2) is 0 Å². The molecule has 1 atom stereocenters. The summed E-state index contributed by atoms with van der Waals surface area (Å²) in [5.41, 5.74) is 1.56. The number of sulfonamides is 1. The molecular formula is C31H31N3O6S. The van der Waals surface area contributed by atoms with Gasteiger partial charge in [-0.1, -0.05) is 60.7 Å². The maximum absolute atomic E-state index is 13.8. The minimum absolute atomic E-state index is 0.000323. The standard InChI is InChI=1S/C31H31N3O6S/c1-22(23-12-6-4-7-13-23)32-31(36)26-16-10-11-17-27(26)33-30(35)21-34(41(37,38)25-14-8-5-9-15-25)28-19-18-24(39-2)20-29(28)40-3/h4-20,22H,21H2,1-3H3,(H,32,36)(H,33,35)/t22-/m0/s1. The number of hydrogen-bond donors (Lipinski definition) is 2. The van der Waals surface area contributed by atoms with Crippen molar-refractivity contribution in [2.45, 2.75) is 17.9 Å². The molecule has 41 heavy (non-hydrogen) atoms. The molecule has 4 aromatic rings. The van der Waals surface area contributed by atoms with Crippen molar-refractivity contribution < 1.29 is 27.5 Å². The van der Waals surface area contributed by atoms with Gasteiger partial charge in [0, 0.05) is 6.07 Å². The molecular weight excluding hydrogens is 542 g/mol. The van der Waals surface area contributed by atoms with E-state index in [-0.39, 0.29) is 39.5 Å². The van der Waals surface area contributed by atoms with Gasteiger partial charge in [0.05, 0.1) is 42.1 Å². The predicted molar refractivity (Wildman–Crippen MR) is 158 cm³/mol. The molecule has 0 bridgehead atoms. The van der Waals surface area contributed by atoms with E-state index in [1.54, 1.807) is 48.5 Å². The molecule has 0 aliphatic rings. The molecule has 10 heteroatoms. The molecule has 0 saturated heterocycles. The number of nitrogens with zero attached hydrogens (tertiary/aromatic N) is 1. The first-order valence-electron chi connectivity index (χ1n) is 12.8. The lowest BCUT2D eigenvalue weighted by atomic mass is 10.1. The average Bonchev–Trinajstić information content (AvgIpc) is 3.00. The first kappa shape index (κ1) is 29.2. The molecule has 0 aromatic heterocycles. The number of hydrogen-bond acceptors (Lipinski definition) is 6. The minimum atomic E-state index is -4.19. The highest BCUT2D eigenvalue weighted by atomic mass is 32.2. The first-order chi connectivity index (χ1) is 19.7. The van der Waals surface area contributed by atoms with Crippen LogP contribution >= 0.6 is 0 Å². The van der Waals surface area contributed by atoms with E-state index < -0.39 is 22.5 Å². The van der Waals surface area contributed by atoms with E-state index in [2.05, 4.69) is 10.6 Å². The molecule has 0 aliphatic carbocycles. The van der Waals surface area contributed by atoms with E-state index >= 15 is 0 Å². The maximum atomic E-state index is 13.8. The summed E-state index contributed by atoms with van der Waals surface area (Å²) in [6.45, 7) is 1.28. The third-order valence-corrected chi connectivity index (χ3v) is 8.14. The van der Waals surface area contributed by atoms with Gasteiger partial charge >= 0.3 is 0 Å². The summed E-state index contributed by atoms with van der Waals surface area (Å²) in [4.78, 5) is 26.6. The van der Waals surface area contributed by atoms with Crippen LogP contribution in [0.2, 0.25) is 0 Å². The van der Waals surface area contributed by atoms with Crippen LogP contribution in [0.4, 0.5) is 11.4 Å². The zero-order valence-corrected chi connectivity index (χ0v) is 23.7. The van der Waals surface area contributed by atoms with Crippen molar-refractivity contribution in [1.82, 2.24) is 5.32 Å². The maximum Gasteiger partial charge on any atom is 0.264 e. The summed E-state index contributed by atoms with van der Waals surface area (Å²) in [6, 6.07) is 28.2. The van der Waals surface area contributed by atoms with Gasteiger partial charge in [-0.2, -0.15) is 0 Å². The van der Waals surface area contributed by atoms with Crippen molar-refractivity contribution in [3.63, 3.8) is 0 Å². The van der Waals surface area contributed by atoms with Crippen molar-refractivity contribution in [3.05, 3.63) is 114 Å². The molecule has 0 radical (unpaired) electrons. The number of para-hydroxylation sites is 1. The lowest BCUT2D eigenvalue weighted by molar-refractivity contribution is -0.114. The van der Waals surface area contributed by atoms with Crippen molar-refractivity contribution in [1.29, 1.82) is 0 Å². The van der Waals surface area contributed by atoms with Gasteiger partial charge in [0.2, 0.25) is 5.91 Å². The average molecular weight is 574 g/mol. The van der Waals surface area contributed by atoms with Crippen LogP contribution in [-0.2, 0) is 14.8 Å². The van der Waals surface area contributed by atoms with E-state index in [1.165, 1.54) is 38.5 Å².